The molecule has 15 heteroatoms. The molecule has 2 atom stereocenters. The first-order chi connectivity index (χ1) is 24.1. The Bertz CT molecular complexity index is 2090. The van der Waals surface area contributed by atoms with Gasteiger partial charge in [0.2, 0.25) is 0 Å². The Labute approximate surface area is 291 Å². The number of pyridine rings is 1. The Balaban J connectivity index is 1.16. The first kappa shape index (κ1) is 32.4. The van der Waals surface area contributed by atoms with E-state index in [0.717, 1.165) is 86.5 Å². The number of piperidine rings is 1. The molecule has 5 aliphatic heterocycles. The number of halogens is 1. The molecular weight excluding hydrogens is 662 g/mol. The normalized spacial score (nSPS) is 26.4. The quantitative estimate of drug-likeness (QED) is 0.299. The standard InChI is InChI=1S/C35H44FN9O4S/c1-22-16-26-24(18-38-45(26)27-8-3-4-15-48-27)28(23(22)2)31-29(36)30-25(17-37-31)32(43-12-5-9-34(20-43)19-39-50(46,47)42-34)41-33(40-30)49-21-35-10-6-13-44(35)14-7-11-35/h16-18,27,39,42H,3-15,19-21H2,1-2H3. The van der Waals surface area contributed by atoms with Crippen molar-refractivity contribution in [2.75, 3.05) is 50.8 Å². The summed E-state index contributed by atoms with van der Waals surface area (Å²) in [5.74, 6) is -0.0575. The Morgan fingerprint density at radius 2 is 1.86 bits per heavy atom. The van der Waals surface area contributed by atoms with Gasteiger partial charge in [-0.3, -0.25) is 9.88 Å². The molecule has 13 nitrogen and oxygen atoms in total. The second-order valence-electron chi connectivity index (χ2n) is 15.0. The van der Waals surface area contributed by atoms with E-state index in [2.05, 4.69) is 20.4 Å². The van der Waals surface area contributed by atoms with Crippen molar-refractivity contribution in [1.29, 1.82) is 0 Å². The van der Waals surface area contributed by atoms with Crippen LogP contribution < -0.4 is 19.1 Å². The average molecular weight is 706 g/mol. The number of nitrogens with zero attached hydrogens (tertiary/aromatic N) is 7. The smallest absolute Gasteiger partial charge is 0.319 e. The Kier molecular flexibility index (Phi) is 7.81. The van der Waals surface area contributed by atoms with Gasteiger partial charge in [0.15, 0.2) is 12.0 Å². The summed E-state index contributed by atoms with van der Waals surface area (Å²) < 4.78 is 61.9. The molecule has 0 bridgehead atoms. The van der Waals surface area contributed by atoms with Crippen LogP contribution in [0, 0.1) is 19.7 Å². The number of hydrogen-bond acceptors (Lipinski definition) is 10. The van der Waals surface area contributed by atoms with Gasteiger partial charge in [-0.15, -0.1) is 0 Å². The minimum absolute atomic E-state index is 0.0457. The molecule has 5 fully saturated rings. The number of aromatic nitrogens is 5. The minimum atomic E-state index is -3.59. The summed E-state index contributed by atoms with van der Waals surface area (Å²) in [5.41, 5.74) is 3.06. The molecule has 9 rings (SSSR count). The van der Waals surface area contributed by atoms with Gasteiger partial charge in [0.05, 0.1) is 28.2 Å². The van der Waals surface area contributed by atoms with Crippen LogP contribution in [0.25, 0.3) is 33.1 Å². The largest absolute Gasteiger partial charge is 0.461 e. The third-order valence-electron chi connectivity index (χ3n) is 11.8. The summed E-state index contributed by atoms with van der Waals surface area (Å²) in [4.78, 5) is 19.0. The Hall–Kier alpha value is -3.50. The van der Waals surface area contributed by atoms with Crippen molar-refractivity contribution >= 4 is 37.8 Å². The molecule has 0 aliphatic carbocycles. The molecule has 2 N–H and O–H groups in total. The number of anilines is 1. The van der Waals surface area contributed by atoms with E-state index in [1.54, 1.807) is 12.4 Å². The van der Waals surface area contributed by atoms with Gasteiger partial charge in [-0.05, 0) is 102 Å². The number of nitrogens with one attached hydrogen (secondary N) is 2. The van der Waals surface area contributed by atoms with E-state index in [4.69, 9.17) is 29.5 Å². The fourth-order valence-electron chi connectivity index (χ4n) is 9.16. The Morgan fingerprint density at radius 1 is 1.04 bits per heavy atom. The lowest BCUT2D eigenvalue weighted by atomic mass is 9.90. The molecule has 0 saturated carbocycles. The molecule has 8 heterocycles. The maximum atomic E-state index is 17.2. The number of ether oxygens (including phenoxy) is 2. The van der Waals surface area contributed by atoms with Crippen molar-refractivity contribution in [3.05, 3.63) is 35.4 Å². The Morgan fingerprint density at radius 3 is 2.62 bits per heavy atom. The number of fused-ring (bicyclic) bond motifs is 3. The summed E-state index contributed by atoms with van der Waals surface area (Å²) in [5, 5.41) is 6.00. The third-order valence-corrected chi connectivity index (χ3v) is 13.1. The minimum Gasteiger partial charge on any atom is -0.461 e. The number of aryl methyl sites for hydroxylation is 1. The first-order valence-electron chi connectivity index (χ1n) is 18.0. The van der Waals surface area contributed by atoms with Crippen molar-refractivity contribution in [1.82, 2.24) is 39.1 Å². The molecule has 266 valence electrons. The highest BCUT2D eigenvalue weighted by atomic mass is 32.2. The van der Waals surface area contributed by atoms with Gasteiger partial charge in [0, 0.05) is 43.4 Å². The van der Waals surface area contributed by atoms with E-state index >= 15 is 4.39 Å². The summed E-state index contributed by atoms with van der Waals surface area (Å²) in [6, 6.07) is 2.21. The molecule has 1 aromatic carbocycles. The van der Waals surface area contributed by atoms with Crippen molar-refractivity contribution < 1.29 is 22.3 Å². The number of benzene rings is 1. The fourth-order valence-corrected chi connectivity index (χ4v) is 10.5. The van der Waals surface area contributed by atoms with Crippen LogP contribution in [0.1, 0.15) is 75.1 Å². The maximum Gasteiger partial charge on any atom is 0.319 e. The first-order valence-corrected chi connectivity index (χ1v) is 19.5. The van der Waals surface area contributed by atoms with Crippen LogP contribution in [-0.4, -0.2) is 95.1 Å². The molecule has 0 amide bonds. The van der Waals surface area contributed by atoms with Gasteiger partial charge in [-0.25, -0.2) is 13.8 Å². The zero-order valence-corrected chi connectivity index (χ0v) is 29.5. The molecule has 3 aromatic heterocycles. The molecule has 2 unspecified atom stereocenters. The zero-order valence-electron chi connectivity index (χ0n) is 28.7. The van der Waals surface area contributed by atoms with Gasteiger partial charge >= 0.3 is 6.01 Å². The van der Waals surface area contributed by atoms with Crippen LogP contribution in [0.5, 0.6) is 6.01 Å². The van der Waals surface area contributed by atoms with Crippen molar-refractivity contribution in [3.8, 4) is 17.3 Å². The van der Waals surface area contributed by atoms with Gasteiger partial charge in [-0.1, -0.05) is 0 Å². The highest BCUT2D eigenvalue weighted by Crippen LogP contribution is 2.42. The molecule has 5 saturated heterocycles. The van der Waals surface area contributed by atoms with E-state index in [9.17, 15) is 8.42 Å². The van der Waals surface area contributed by atoms with E-state index in [1.165, 1.54) is 0 Å². The van der Waals surface area contributed by atoms with Gasteiger partial charge in [-0.2, -0.15) is 28.2 Å². The van der Waals surface area contributed by atoms with Crippen LogP contribution in [0.2, 0.25) is 0 Å². The SMILES string of the molecule is Cc1cc2c(cnn2C2CCCCO2)c(-c2ncc3c(N4CCCC5(CNS(=O)(=O)N5)C4)nc(OCC45CCCN4CCC5)nc3c2F)c1C. The molecule has 0 radical (unpaired) electrons. The van der Waals surface area contributed by atoms with Crippen molar-refractivity contribution in [3.63, 3.8) is 0 Å². The van der Waals surface area contributed by atoms with E-state index in [1.807, 2.05) is 23.4 Å². The van der Waals surface area contributed by atoms with Crippen LogP contribution in [0.15, 0.2) is 18.5 Å². The monoisotopic (exact) mass is 705 g/mol. The summed E-state index contributed by atoms with van der Waals surface area (Å²) in [6.07, 6.45) is 12.0. The van der Waals surface area contributed by atoms with Crippen LogP contribution >= 0.6 is 0 Å². The molecular formula is C35H44FN9O4S. The van der Waals surface area contributed by atoms with Crippen molar-refractivity contribution in [2.24, 2.45) is 0 Å². The van der Waals surface area contributed by atoms with Gasteiger partial charge in [0.1, 0.15) is 23.6 Å². The van der Waals surface area contributed by atoms with E-state index < -0.39 is 21.6 Å². The topological polar surface area (TPSA) is 140 Å². The summed E-state index contributed by atoms with van der Waals surface area (Å²) in [7, 11) is -3.59. The summed E-state index contributed by atoms with van der Waals surface area (Å²) in [6.45, 7) is 8.52. The van der Waals surface area contributed by atoms with Gasteiger partial charge in [0.25, 0.3) is 10.2 Å². The second kappa shape index (κ2) is 12.0. The third kappa shape index (κ3) is 5.35. The van der Waals surface area contributed by atoms with Crippen molar-refractivity contribution in [2.45, 2.75) is 88.9 Å². The average Bonchev–Trinajstić information content (AvgIpc) is 3.88. The predicted octanol–water partition coefficient (Wildman–Crippen LogP) is 4.28. The lowest BCUT2D eigenvalue weighted by molar-refractivity contribution is -0.0366. The maximum absolute atomic E-state index is 17.2. The molecule has 1 spiro atoms. The molecule has 5 aliphatic rings. The van der Waals surface area contributed by atoms with Gasteiger partial charge < -0.3 is 14.4 Å². The van der Waals surface area contributed by atoms with Crippen LogP contribution in [0.4, 0.5) is 10.2 Å². The van der Waals surface area contributed by atoms with Crippen LogP contribution in [0.3, 0.4) is 0 Å². The number of rotatable bonds is 6. The second-order valence-corrected chi connectivity index (χ2v) is 16.5. The fraction of sp³-hybridized carbons (Fsp3) is 0.600. The van der Waals surface area contributed by atoms with Crippen LogP contribution in [-0.2, 0) is 14.9 Å². The lowest BCUT2D eigenvalue weighted by Gasteiger charge is -2.40. The van der Waals surface area contributed by atoms with E-state index in [-0.39, 0.29) is 35.5 Å². The molecule has 4 aromatic rings. The summed E-state index contributed by atoms with van der Waals surface area (Å²) >= 11 is 0. The highest BCUT2D eigenvalue weighted by molar-refractivity contribution is 7.87. The zero-order chi connectivity index (χ0) is 34.3. The highest BCUT2D eigenvalue weighted by Gasteiger charge is 2.46. The molecule has 50 heavy (non-hydrogen) atoms. The lowest BCUT2D eigenvalue weighted by Crippen LogP contribution is -2.56. The predicted molar refractivity (Wildman–Crippen MR) is 187 cm³/mol. The number of hydrogen-bond donors (Lipinski definition) is 2. The van der Waals surface area contributed by atoms with E-state index in [0.29, 0.717) is 49.5 Å².